The quantitative estimate of drug-likeness (QED) is 0.869. The van der Waals surface area contributed by atoms with Gasteiger partial charge in [0.1, 0.15) is 6.04 Å². The van der Waals surface area contributed by atoms with Crippen LogP contribution in [0.4, 0.5) is 0 Å². The number of carboxylic acids is 1. The highest BCUT2D eigenvalue weighted by atomic mass is 35.5. The van der Waals surface area contributed by atoms with Crippen molar-refractivity contribution in [1.29, 1.82) is 0 Å². The Balaban J connectivity index is 0.00000144. The van der Waals surface area contributed by atoms with Gasteiger partial charge in [-0.25, -0.2) is 0 Å². The summed E-state index contributed by atoms with van der Waals surface area (Å²) in [5.41, 5.74) is 2.56. The highest BCUT2D eigenvalue weighted by Gasteiger charge is 2.28. The molecule has 1 aliphatic heterocycles. The molecule has 3 nitrogen and oxygen atoms in total. The molecule has 0 spiro atoms. The first-order valence-corrected chi connectivity index (χ1v) is 5.67. The van der Waals surface area contributed by atoms with E-state index >= 15 is 0 Å². The van der Waals surface area contributed by atoms with Crippen molar-refractivity contribution in [3.05, 3.63) is 35.4 Å². The first-order valence-electron chi connectivity index (χ1n) is 5.67. The lowest BCUT2D eigenvalue weighted by atomic mass is 9.96. The number of halogens is 1. The summed E-state index contributed by atoms with van der Waals surface area (Å²) < 4.78 is 0. The molecule has 1 heterocycles. The van der Waals surface area contributed by atoms with E-state index in [-0.39, 0.29) is 18.4 Å². The Morgan fingerprint density at radius 2 is 2.06 bits per heavy atom. The average molecular weight is 256 g/mol. The number of nitrogens with one attached hydrogen (secondary N) is 1. The molecule has 0 aromatic heterocycles. The molecule has 0 bridgehead atoms. The maximum absolute atomic E-state index is 10.8. The van der Waals surface area contributed by atoms with Crippen LogP contribution in [0.3, 0.4) is 0 Å². The second-order valence-corrected chi connectivity index (χ2v) is 4.59. The van der Waals surface area contributed by atoms with Crippen molar-refractivity contribution in [2.75, 3.05) is 6.54 Å². The van der Waals surface area contributed by atoms with Crippen molar-refractivity contribution in [3.8, 4) is 0 Å². The van der Waals surface area contributed by atoms with Crippen LogP contribution in [-0.4, -0.2) is 23.7 Å². The Bertz CT molecular complexity index is 378. The SMILES string of the molecule is Cc1ccc(C[C@H]2CN[C@H](C(=O)O)C2)cc1.Cl. The van der Waals surface area contributed by atoms with Gasteiger partial charge in [0.2, 0.25) is 0 Å². The number of hydrogen-bond donors (Lipinski definition) is 2. The molecular formula is C13H18ClNO2. The van der Waals surface area contributed by atoms with Gasteiger partial charge in [-0.15, -0.1) is 12.4 Å². The molecule has 0 unspecified atom stereocenters. The molecule has 17 heavy (non-hydrogen) atoms. The standard InChI is InChI=1S/C13H17NO2.ClH/c1-9-2-4-10(5-3-9)6-11-7-12(13(15)16)14-8-11;/h2-5,11-12,14H,6-8H2,1H3,(H,15,16);1H/t11-,12+;/m1./s1. The molecule has 1 saturated heterocycles. The molecule has 2 atom stereocenters. The first-order chi connectivity index (χ1) is 7.65. The van der Waals surface area contributed by atoms with Crippen LogP contribution in [0, 0.1) is 12.8 Å². The van der Waals surface area contributed by atoms with Crippen LogP contribution in [-0.2, 0) is 11.2 Å². The fourth-order valence-electron chi connectivity index (χ4n) is 2.21. The maximum atomic E-state index is 10.8. The zero-order valence-electron chi connectivity index (χ0n) is 9.85. The summed E-state index contributed by atoms with van der Waals surface area (Å²) in [5.74, 6) is -0.282. The number of carbonyl (C=O) groups is 1. The fraction of sp³-hybridized carbons (Fsp3) is 0.462. The molecule has 1 aromatic rings. The van der Waals surface area contributed by atoms with Gasteiger partial charge in [-0.2, -0.15) is 0 Å². The van der Waals surface area contributed by atoms with Crippen LogP contribution in [0.25, 0.3) is 0 Å². The summed E-state index contributed by atoms with van der Waals surface area (Å²) in [7, 11) is 0. The molecule has 0 amide bonds. The van der Waals surface area contributed by atoms with Gasteiger partial charge in [-0.1, -0.05) is 29.8 Å². The minimum atomic E-state index is -0.730. The van der Waals surface area contributed by atoms with E-state index in [1.807, 2.05) is 0 Å². The highest BCUT2D eigenvalue weighted by molar-refractivity contribution is 5.85. The van der Waals surface area contributed by atoms with Gasteiger partial charge >= 0.3 is 5.97 Å². The Labute approximate surface area is 108 Å². The Morgan fingerprint density at radius 1 is 1.41 bits per heavy atom. The van der Waals surface area contributed by atoms with E-state index < -0.39 is 5.97 Å². The van der Waals surface area contributed by atoms with Crippen molar-refractivity contribution in [3.63, 3.8) is 0 Å². The van der Waals surface area contributed by atoms with Gasteiger partial charge in [-0.3, -0.25) is 4.79 Å². The van der Waals surface area contributed by atoms with Gasteiger partial charge < -0.3 is 10.4 Å². The summed E-state index contributed by atoms with van der Waals surface area (Å²) in [6.07, 6.45) is 1.71. The van der Waals surface area contributed by atoms with Crippen LogP contribution in [0.1, 0.15) is 17.5 Å². The molecule has 0 aliphatic carbocycles. The summed E-state index contributed by atoms with van der Waals surface area (Å²) >= 11 is 0. The van der Waals surface area contributed by atoms with Gasteiger partial charge in [-0.05, 0) is 37.8 Å². The molecule has 1 fully saturated rings. The van der Waals surface area contributed by atoms with E-state index in [0.29, 0.717) is 5.92 Å². The second kappa shape index (κ2) is 6.03. The van der Waals surface area contributed by atoms with Crippen LogP contribution in [0.2, 0.25) is 0 Å². The Kier molecular flexibility index (Phi) is 4.97. The molecular weight excluding hydrogens is 238 g/mol. The molecule has 1 aromatic carbocycles. The number of aliphatic carboxylic acids is 1. The number of carboxylic acid groups (broad SMARTS) is 1. The topological polar surface area (TPSA) is 49.3 Å². The van der Waals surface area contributed by atoms with Gasteiger partial charge in [0, 0.05) is 0 Å². The van der Waals surface area contributed by atoms with Gasteiger partial charge in [0.15, 0.2) is 0 Å². The van der Waals surface area contributed by atoms with E-state index in [2.05, 4.69) is 36.5 Å². The van der Waals surface area contributed by atoms with E-state index in [9.17, 15) is 4.79 Å². The van der Waals surface area contributed by atoms with Crippen molar-refractivity contribution in [1.82, 2.24) is 5.32 Å². The number of rotatable bonds is 3. The molecule has 94 valence electrons. The zero-order chi connectivity index (χ0) is 11.5. The van der Waals surface area contributed by atoms with Crippen LogP contribution >= 0.6 is 12.4 Å². The lowest BCUT2D eigenvalue weighted by molar-refractivity contribution is -0.139. The van der Waals surface area contributed by atoms with Gasteiger partial charge in [0.05, 0.1) is 0 Å². The highest BCUT2D eigenvalue weighted by Crippen LogP contribution is 2.19. The van der Waals surface area contributed by atoms with Crippen molar-refractivity contribution < 1.29 is 9.90 Å². The third-order valence-electron chi connectivity index (χ3n) is 3.17. The molecule has 0 saturated carbocycles. The molecule has 0 radical (unpaired) electrons. The Hall–Kier alpha value is -1.06. The van der Waals surface area contributed by atoms with E-state index in [4.69, 9.17) is 5.11 Å². The second-order valence-electron chi connectivity index (χ2n) is 4.59. The van der Waals surface area contributed by atoms with Crippen molar-refractivity contribution >= 4 is 18.4 Å². The van der Waals surface area contributed by atoms with Crippen LogP contribution < -0.4 is 5.32 Å². The molecule has 2 rings (SSSR count). The lowest BCUT2D eigenvalue weighted by Crippen LogP contribution is -2.29. The minimum Gasteiger partial charge on any atom is -0.480 e. The van der Waals surface area contributed by atoms with Crippen LogP contribution in [0.5, 0.6) is 0 Å². The van der Waals surface area contributed by atoms with Crippen molar-refractivity contribution in [2.45, 2.75) is 25.8 Å². The smallest absolute Gasteiger partial charge is 0.320 e. The molecule has 2 N–H and O–H groups in total. The zero-order valence-corrected chi connectivity index (χ0v) is 10.7. The van der Waals surface area contributed by atoms with E-state index in [1.165, 1.54) is 11.1 Å². The van der Waals surface area contributed by atoms with E-state index in [0.717, 1.165) is 19.4 Å². The van der Waals surface area contributed by atoms with Crippen molar-refractivity contribution in [2.24, 2.45) is 5.92 Å². The summed E-state index contributed by atoms with van der Waals surface area (Å²) in [5, 5.41) is 11.9. The summed E-state index contributed by atoms with van der Waals surface area (Å²) in [6, 6.07) is 8.11. The van der Waals surface area contributed by atoms with E-state index in [1.54, 1.807) is 0 Å². The third kappa shape index (κ3) is 3.72. The van der Waals surface area contributed by atoms with Crippen LogP contribution in [0.15, 0.2) is 24.3 Å². The predicted octanol–water partition coefficient (Wildman–Crippen LogP) is 2.02. The maximum Gasteiger partial charge on any atom is 0.320 e. The van der Waals surface area contributed by atoms with Gasteiger partial charge in [0.25, 0.3) is 0 Å². The number of aryl methyl sites for hydroxylation is 1. The molecule has 1 aliphatic rings. The average Bonchev–Trinajstić information content (AvgIpc) is 2.70. The largest absolute Gasteiger partial charge is 0.480 e. The normalized spacial score (nSPS) is 23.1. The lowest BCUT2D eigenvalue weighted by Gasteiger charge is -2.08. The third-order valence-corrected chi connectivity index (χ3v) is 3.17. The Morgan fingerprint density at radius 3 is 2.59 bits per heavy atom. The first kappa shape index (κ1) is 14.0. The minimum absolute atomic E-state index is 0. The predicted molar refractivity (Wildman–Crippen MR) is 69.7 cm³/mol. The fourth-order valence-corrected chi connectivity index (χ4v) is 2.21. The summed E-state index contributed by atoms with van der Waals surface area (Å²) in [6.45, 7) is 2.88. The summed E-state index contributed by atoms with van der Waals surface area (Å²) in [4.78, 5) is 10.8. The number of hydrogen-bond acceptors (Lipinski definition) is 2. The monoisotopic (exact) mass is 255 g/mol. The molecule has 4 heteroatoms. The number of benzene rings is 1.